The predicted molar refractivity (Wildman–Crippen MR) is 119 cm³/mol. The molecular weight excluding hydrogens is 378 g/mol. The van der Waals surface area contributed by atoms with Crippen LogP contribution in [-0.2, 0) is 0 Å². The molecular formula is C27H32F2O. The smallest absolute Gasteiger partial charge is 0.201 e. The van der Waals surface area contributed by atoms with Crippen molar-refractivity contribution >= 4 is 0 Å². The van der Waals surface area contributed by atoms with Crippen LogP contribution in [0.4, 0.5) is 8.78 Å². The van der Waals surface area contributed by atoms with E-state index in [2.05, 4.69) is 24.8 Å². The maximum absolute atomic E-state index is 14.4. The Balaban J connectivity index is 1.42. The SMILES string of the molecule is C=CCCC1CCC2CC(c3ccc(-c4ccc(OC)c(F)c4F)cc3)CCC2C1. The average Bonchev–Trinajstić information content (AvgIpc) is 2.79. The molecule has 2 fully saturated rings. The summed E-state index contributed by atoms with van der Waals surface area (Å²) in [6, 6.07) is 11.1. The molecule has 3 heteroatoms. The Morgan fingerprint density at radius 3 is 2.40 bits per heavy atom. The number of hydrogen-bond donors (Lipinski definition) is 0. The summed E-state index contributed by atoms with van der Waals surface area (Å²) >= 11 is 0. The van der Waals surface area contributed by atoms with Crippen molar-refractivity contribution in [2.24, 2.45) is 17.8 Å². The van der Waals surface area contributed by atoms with E-state index in [9.17, 15) is 8.78 Å². The Labute approximate surface area is 179 Å². The Bertz CT molecular complexity index is 873. The highest BCUT2D eigenvalue weighted by molar-refractivity contribution is 5.65. The van der Waals surface area contributed by atoms with E-state index < -0.39 is 11.6 Å². The second-order valence-corrected chi connectivity index (χ2v) is 9.14. The van der Waals surface area contributed by atoms with Gasteiger partial charge in [-0.05, 0) is 91.9 Å². The molecule has 4 unspecified atom stereocenters. The van der Waals surface area contributed by atoms with Crippen LogP contribution in [0.5, 0.6) is 5.75 Å². The second-order valence-electron chi connectivity index (χ2n) is 9.14. The first-order chi connectivity index (χ1) is 14.6. The van der Waals surface area contributed by atoms with Gasteiger partial charge in [-0.2, -0.15) is 4.39 Å². The highest BCUT2D eigenvalue weighted by Gasteiger charge is 2.35. The molecule has 2 aliphatic carbocycles. The maximum atomic E-state index is 14.4. The van der Waals surface area contributed by atoms with E-state index >= 15 is 0 Å². The van der Waals surface area contributed by atoms with Crippen LogP contribution in [0.1, 0.15) is 62.8 Å². The van der Waals surface area contributed by atoms with Crippen molar-refractivity contribution in [3.8, 4) is 16.9 Å². The minimum atomic E-state index is -0.930. The maximum Gasteiger partial charge on any atom is 0.201 e. The lowest BCUT2D eigenvalue weighted by atomic mass is 9.63. The molecule has 0 N–H and O–H groups in total. The van der Waals surface area contributed by atoms with Crippen LogP contribution in [0, 0.1) is 29.4 Å². The fourth-order valence-electron chi connectivity index (χ4n) is 5.75. The summed E-state index contributed by atoms with van der Waals surface area (Å²) in [5.41, 5.74) is 2.32. The van der Waals surface area contributed by atoms with Crippen LogP contribution < -0.4 is 4.74 Å². The van der Waals surface area contributed by atoms with Gasteiger partial charge in [0, 0.05) is 5.56 Å². The van der Waals surface area contributed by atoms with Crippen molar-refractivity contribution in [3.05, 3.63) is 66.3 Å². The largest absolute Gasteiger partial charge is 0.494 e. The molecule has 1 nitrogen and oxygen atoms in total. The van der Waals surface area contributed by atoms with Crippen LogP contribution in [-0.4, -0.2) is 7.11 Å². The number of fused-ring (bicyclic) bond motifs is 1. The van der Waals surface area contributed by atoms with Crippen molar-refractivity contribution in [1.29, 1.82) is 0 Å². The van der Waals surface area contributed by atoms with E-state index in [0.29, 0.717) is 11.5 Å². The van der Waals surface area contributed by atoms with Gasteiger partial charge in [-0.25, -0.2) is 4.39 Å². The Hall–Kier alpha value is -2.16. The van der Waals surface area contributed by atoms with E-state index in [4.69, 9.17) is 4.74 Å². The van der Waals surface area contributed by atoms with Crippen LogP contribution in [0.3, 0.4) is 0 Å². The lowest BCUT2D eigenvalue weighted by Gasteiger charge is -2.42. The van der Waals surface area contributed by atoms with Gasteiger partial charge in [0.1, 0.15) is 0 Å². The second kappa shape index (κ2) is 9.32. The van der Waals surface area contributed by atoms with Crippen molar-refractivity contribution in [2.75, 3.05) is 7.11 Å². The summed E-state index contributed by atoms with van der Waals surface area (Å²) in [7, 11) is 1.34. The van der Waals surface area contributed by atoms with E-state index in [1.807, 2.05) is 12.1 Å². The molecule has 0 bridgehead atoms. The standard InChI is InChI=1S/C27H32F2O/c1-3-4-5-18-6-7-23-17-22(13-12-21(23)16-18)19-8-10-20(11-9-19)24-14-15-25(30-2)27(29)26(24)28/h3,8-11,14-15,18,21-23H,1,4-7,12-13,16-17H2,2H3. The number of ether oxygens (including phenoxy) is 1. The molecule has 0 spiro atoms. The number of methoxy groups -OCH3 is 1. The van der Waals surface area contributed by atoms with Gasteiger partial charge >= 0.3 is 0 Å². The van der Waals surface area contributed by atoms with Gasteiger partial charge in [0.25, 0.3) is 0 Å². The van der Waals surface area contributed by atoms with Gasteiger partial charge < -0.3 is 4.74 Å². The third kappa shape index (κ3) is 4.31. The van der Waals surface area contributed by atoms with Crippen LogP contribution >= 0.6 is 0 Å². The third-order valence-corrected chi connectivity index (χ3v) is 7.46. The predicted octanol–water partition coefficient (Wildman–Crippen LogP) is 7.91. The molecule has 2 aromatic rings. The van der Waals surface area contributed by atoms with E-state index in [1.54, 1.807) is 6.07 Å². The zero-order chi connectivity index (χ0) is 21.1. The Kier molecular flexibility index (Phi) is 6.55. The molecule has 160 valence electrons. The summed E-state index contributed by atoms with van der Waals surface area (Å²) in [5.74, 6) is 1.36. The molecule has 4 atom stereocenters. The zero-order valence-corrected chi connectivity index (χ0v) is 17.9. The first kappa shape index (κ1) is 21.1. The van der Waals surface area contributed by atoms with Crippen molar-refractivity contribution in [1.82, 2.24) is 0 Å². The number of rotatable bonds is 6. The molecule has 30 heavy (non-hydrogen) atoms. The van der Waals surface area contributed by atoms with Gasteiger partial charge in [0.05, 0.1) is 7.11 Å². The molecule has 0 aromatic heterocycles. The topological polar surface area (TPSA) is 9.23 Å². The summed E-state index contributed by atoms with van der Waals surface area (Å²) < 4.78 is 33.4. The molecule has 2 aliphatic rings. The van der Waals surface area contributed by atoms with Gasteiger partial charge in [0.2, 0.25) is 5.82 Å². The van der Waals surface area contributed by atoms with Gasteiger partial charge in [-0.3, -0.25) is 0 Å². The molecule has 0 radical (unpaired) electrons. The first-order valence-electron chi connectivity index (χ1n) is 11.3. The molecule has 2 aromatic carbocycles. The molecule has 0 saturated heterocycles. The van der Waals surface area contributed by atoms with Crippen LogP contribution in [0.15, 0.2) is 49.1 Å². The molecule has 4 rings (SSSR count). The summed E-state index contributed by atoms with van der Waals surface area (Å²) in [4.78, 5) is 0. The van der Waals surface area contributed by atoms with E-state index in [0.717, 1.165) is 24.2 Å². The number of halogens is 2. The lowest BCUT2D eigenvalue weighted by Crippen LogP contribution is -2.30. The van der Waals surface area contributed by atoms with Gasteiger partial charge in [0.15, 0.2) is 11.6 Å². The van der Waals surface area contributed by atoms with E-state index in [1.165, 1.54) is 63.7 Å². The Morgan fingerprint density at radius 1 is 0.933 bits per heavy atom. The van der Waals surface area contributed by atoms with Crippen molar-refractivity contribution in [2.45, 2.75) is 57.3 Å². The normalized spacial score (nSPS) is 26.1. The monoisotopic (exact) mass is 410 g/mol. The average molecular weight is 411 g/mol. The summed E-state index contributed by atoms with van der Waals surface area (Å²) in [5, 5.41) is 0. The highest BCUT2D eigenvalue weighted by atomic mass is 19.2. The van der Waals surface area contributed by atoms with Crippen molar-refractivity contribution < 1.29 is 13.5 Å². The molecule has 0 aliphatic heterocycles. The fraction of sp³-hybridized carbons (Fsp3) is 0.481. The minimum Gasteiger partial charge on any atom is -0.494 e. The Morgan fingerprint density at radius 2 is 1.67 bits per heavy atom. The third-order valence-electron chi connectivity index (χ3n) is 7.46. The lowest BCUT2D eigenvalue weighted by molar-refractivity contribution is 0.115. The molecule has 2 saturated carbocycles. The van der Waals surface area contributed by atoms with Crippen LogP contribution in [0.25, 0.3) is 11.1 Å². The van der Waals surface area contributed by atoms with Gasteiger partial charge in [-0.1, -0.05) is 36.8 Å². The molecule has 0 heterocycles. The highest BCUT2D eigenvalue weighted by Crippen LogP contribution is 2.48. The quantitative estimate of drug-likeness (QED) is 0.440. The van der Waals surface area contributed by atoms with Gasteiger partial charge in [-0.15, -0.1) is 6.58 Å². The first-order valence-corrected chi connectivity index (χ1v) is 11.3. The molecule has 0 amide bonds. The number of allylic oxidation sites excluding steroid dienone is 1. The number of benzene rings is 2. The van der Waals surface area contributed by atoms with Crippen molar-refractivity contribution in [3.63, 3.8) is 0 Å². The van der Waals surface area contributed by atoms with E-state index in [-0.39, 0.29) is 11.3 Å². The fourth-order valence-corrected chi connectivity index (χ4v) is 5.75. The minimum absolute atomic E-state index is 0.0659. The summed E-state index contributed by atoms with van der Waals surface area (Å²) in [6.07, 6.45) is 12.4. The number of hydrogen-bond acceptors (Lipinski definition) is 1. The zero-order valence-electron chi connectivity index (χ0n) is 17.9. The van der Waals surface area contributed by atoms with Crippen LogP contribution in [0.2, 0.25) is 0 Å². The summed E-state index contributed by atoms with van der Waals surface area (Å²) in [6.45, 7) is 3.87.